The number of carbonyl (C=O) groups is 1. The number of nitrogens with two attached hydrogens (primary N) is 1. The van der Waals surface area contributed by atoms with E-state index >= 15 is 0 Å². The van der Waals surface area contributed by atoms with Crippen LogP contribution in [0, 0.1) is 5.92 Å². The van der Waals surface area contributed by atoms with Crippen LogP contribution >= 0.6 is 0 Å². The SMILES string of the molecule is CCC(C)CN(C)CCCCCC(=O)NN. The van der Waals surface area contributed by atoms with Gasteiger partial charge in [0.25, 0.3) is 0 Å². The summed E-state index contributed by atoms with van der Waals surface area (Å²) in [6, 6.07) is 0. The lowest BCUT2D eigenvalue weighted by Crippen LogP contribution is -2.29. The average molecular weight is 229 g/mol. The highest BCUT2D eigenvalue weighted by Gasteiger charge is 2.04. The zero-order valence-electron chi connectivity index (χ0n) is 11.0. The monoisotopic (exact) mass is 229 g/mol. The summed E-state index contributed by atoms with van der Waals surface area (Å²) >= 11 is 0. The van der Waals surface area contributed by atoms with E-state index in [2.05, 4.69) is 31.2 Å². The third-order valence-electron chi connectivity index (χ3n) is 2.92. The molecule has 1 unspecified atom stereocenters. The number of hydrogen-bond donors (Lipinski definition) is 2. The second kappa shape index (κ2) is 9.60. The van der Waals surface area contributed by atoms with Crippen LogP contribution in [0.3, 0.4) is 0 Å². The highest BCUT2D eigenvalue weighted by molar-refractivity contribution is 5.74. The van der Waals surface area contributed by atoms with Gasteiger partial charge in [-0.25, -0.2) is 5.84 Å². The Morgan fingerprint density at radius 1 is 1.38 bits per heavy atom. The molecule has 0 bridgehead atoms. The summed E-state index contributed by atoms with van der Waals surface area (Å²) in [6.45, 7) is 6.79. The van der Waals surface area contributed by atoms with Gasteiger partial charge in [0.05, 0.1) is 0 Å². The summed E-state index contributed by atoms with van der Waals surface area (Å²) in [4.78, 5) is 13.2. The van der Waals surface area contributed by atoms with Crippen molar-refractivity contribution >= 4 is 5.91 Å². The zero-order valence-corrected chi connectivity index (χ0v) is 11.0. The average Bonchev–Trinajstić information content (AvgIpc) is 2.27. The molecule has 0 rings (SSSR count). The molecule has 1 amide bonds. The van der Waals surface area contributed by atoms with Gasteiger partial charge in [0.2, 0.25) is 5.91 Å². The maximum Gasteiger partial charge on any atom is 0.233 e. The highest BCUT2D eigenvalue weighted by Crippen LogP contribution is 2.05. The van der Waals surface area contributed by atoms with Gasteiger partial charge in [-0.3, -0.25) is 10.2 Å². The number of amides is 1. The van der Waals surface area contributed by atoms with Crippen molar-refractivity contribution in [1.82, 2.24) is 10.3 Å². The van der Waals surface area contributed by atoms with Crippen LogP contribution in [0.4, 0.5) is 0 Å². The summed E-state index contributed by atoms with van der Waals surface area (Å²) < 4.78 is 0. The summed E-state index contributed by atoms with van der Waals surface area (Å²) in [5.74, 6) is 5.71. The normalized spacial score (nSPS) is 12.8. The first kappa shape index (κ1) is 15.4. The molecule has 0 aliphatic heterocycles. The van der Waals surface area contributed by atoms with Gasteiger partial charge in [0.15, 0.2) is 0 Å². The van der Waals surface area contributed by atoms with Crippen LogP contribution < -0.4 is 11.3 Å². The Morgan fingerprint density at radius 3 is 2.62 bits per heavy atom. The van der Waals surface area contributed by atoms with Gasteiger partial charge in [-0.05, 0) is 32.4 Å². The Balaban J connectivity index is 3.34. The minimum absolute atomic E-state index is 0.0621. The van der Waals surface area contributed by atoms with E-state index in [1.807, 2.05) is 0 Å². The summed E-state index contributed by atoms with van der Waals surface area (Å²) in [5.41, 5.74) is 2.15. The molecule has 0 saturated carbocycles. The number of nitrogens with zero attached hydrogens (tertiary/aromatic N) is 1. The van der Waals surface area contributed by atoms with Crippen LogP contribution in [0.5, 0.6) is 0 Å². The molecule has 0 aliphatic carbocycles. The molecule has 16 heavy (non-hydrogen) atoms. The summed E-state index contributed by atoms with van der Waals surface area (Å²) in [6.07, 6.45) is 4.97. The van der Waals surface area contributed by atoms with E-state index in [0.717, 1.165) is 31.7 Å². The van der Waals surface area contributed by atoms with Crippen molar-refractivity contribution in [2.24, 2.45) is 11.8 Å². The summed E-state index contributed by atoms with van der Waals surface area (Å²) in [7, 11) is 2.17. The molecule has 0 aromatic heterocycles. The maximum atomic E-state index is 10.8. The van der Waals surface area contributed by atoms with Crippen molar-refractivity contribution in [1.29, 1.82) is 0 Å². The fraction of sp³-hybridized carbons (Fsp3) is 0.917. The van der Waals surface area contributed by atoms with Crippen LogP contribution in [-0.2, 0) is 4.79 Å². The van der Waals surface area contributed by atoms with Crippen molar-refractivity contribution in [2.45, 2.75) is 46.0 Å². The van der Waals surface area contributed by atoms with Gasteiger partial charge in [-0.15, -0.1) is 0 Å². The van der Waals surface area contributed by atoms with Gasteiger partial charge in [-0.1, -0.05) is 26.7 Å². The van der Waals surface area contributed by atoms with E-state index in [4.69, 9.17) is 5.84 Å². The van der Waals surface area contributed by atoms with Gasteiger partial charge in [-0.2, -0.15) is 0 Å². The molecule has 4 nitrogen and oxygen atoms in total. The second-order valence-corrected chi connectivity index (χ2v) is 4.65. The second-order valence-electron chi connectivity index (χ2n) is 4.65. The van der Waals surface area contributed by atoms with Crippen LogP contribution in [0.2, 0.25) is 0 Å². The smallest absolute Gasteiger partial charge is 0.233 e. The van der Waals surface area contributed by atoms with Crippen LogP contribution in [0.25, 0.3) is 0 Å². The standard InChI is InChI=1S/C12H27N3O/c1-4-11(2)10-15(3)9-7-5-6-8-12(16)14-13/h11H,4-10,13H2,1-3H3,(H,14,16). The topological polar surface area (TPSA) is 58.4 Å². The minimum Gasteiger partial charge on any atom is -0.306 e. The van der Waals surface area contributed by atoms with Gasteiger partial charge >= 0.3 is 0 Å². The third-order valence-corrected chi connectivity index (χ3v) is 2.92. The molecule has 3 N–H and O–H groups in total. The molecule has 0 radical (unpaired) electrons. The molecule has 4 heteroatoms. The fourth-order valence-electron chi connectivity index (χ4n) is 1.67. The molecule has 0 spiro atoms. The summed E-state index contributed by atoms with van der Waals surface area (Å²) in [5, 5.41) is 0. The Labute approximate surface area is 99.5 Å². The van der Waals surface area contributed by atoms with Crippen molar-refractivity contribution in [2.75, 3.05) is 20.1 Å². The first-order chi connectivity index (χ1) is 7.60. The van der Waals surface area contributed by atoms with Crippen molar-refractivity contribution in [3.05, 3.63) is 0 Å². The molecule has 0 aliphatic rings. The minimum atomic E-state index is -0.0621. The third kappa shape index (κ3) is 8.68. The van der Waals surface area contributed by atoms with Gasteiger partial charge in [0.1, 0.15) is 0 Å². The van der Waals surface area contributed by atoms with Crippen molar-refractivity contribution in [3.63, 3.8) is 0 Å². The quantitative estimate of drug-likeness (QED) is 0.273. The van der Waals surface area contributed by atoms with Crippen LogP contribution in [0.1, 0.15) is 46.0 Å². The number of hydrazine groups is 1. The first-order valence-corrected chi connectivity index (χ1v) is 6.28. The van der Waals surface area contributed by atoms with E-state index in [1.54, 1.807) is 0 Å². The molecule has 0 saturated heterocycles. The number of hydrogen-bond acceptors (Lipinski definition) is 3. The molecular formula is C12H27N3O. The molecular weight excluding hydrogens is 202 g/mol. The van der Waals surface area contributed by atoms with E-state index < -0.39 is 0 Å². The molecule has 0 fully saturated rings. The first-order valence-electron chi connectivity index (χ1n) is 6.28. The molecule has 0 aromatic carbocycles. The largest absolute Gasteiger partial charge is 0.306 e. The number of carbonyl (C=O) groups excluding carboxylic acids is 1. The Kier molecular flexibility index (Phi) is 9.24. The van der Waals surface area contributed by atoms with Crippen molar-refractivity contribution < 1.29 is 4.79 Å². The number of unbranched alkanes of at least 4 members (excludes halogenated alkanes) is 2. The highest BCUT2D eigenvalue weighted by atomic mass is 16.2. The van der Waals surface area contributed by atoms with Gasteiger partial charge < -0.3 is 4.90 Å². The predicted molar refractivity (Wildman–Crippen MR) is 67.8 cm³/mol. The van der Waals surface area contributed by atoms with Gasteiger partial charge in [0, 0.05) is 13.0 Å². The van der Waals surface area contributed by atoms with E-state index in [0.29, 0.717) is 6.42 Å². The van der Waals surface area contributed by atoms with E-state index in [-0.39, 0.29) is 5.91 Å². The number of rotatable bonds is 9. The maximum absolute atomic E-state index is 10.8. The molecule has 1 atom stereocenters. The predicted octanol–water partition coefficient (Wildman–Crippen LogP) is 1.51. The molecule has 0 heterocycles. The molecule has 96 valence electrons. The Hall–Kier alpha value is -0.610. The fourth-order valence-corrected chi connectivity index (χ4v) is 1.67. The molecule has 0 aromatic rings. The van der Waals surface area contributed by atoms with Crippen molar-refractivity contribution in [3.8, 4) is 0 Å². The lowest BCUT2D eigenvalue weighted by atomic mass is 10.1. The lowest BCUT2D eigenvalue weighted by Gasteiger charge is -2.20. The van der Waals surface area contributed by atoms with Crippen LogP contribution in [-0.4, -0.2) is 30.9 Å². The number of nitrogens with one attached hydrogen (secondary N) is 1. The lowest BCUT2D eigenvalue weighted by molar-refractivity contribution is -0.121. The van der Waals surface area contributed by atoms with Crippen LogP contribution in [0.15, 0.2) is 0 Å². The Morgan fingerprint density at radius 2 is 2.06 bits per heavy atom. The van der Waals surface area contributed by atoms with E-state index in [9.17, 15) is 4.79 Å². The zero-order chi connectivity index (χ0) is 12.4. The Bertz CT molecular complexity index is 185. The van der Waals surface area contributed by atoms with E-state index in [1.165, 1.54) is 13.0 Å².